The number of ether oxygens (including phenoxy) is 3. The first kappa shape index (κ1) is 19.5. The third-order valence-electron chi connectivity index (χ3n) is 4.66. The van der Waals surface area contributed by atoms with Crippen molar-refractivity contribution < 1.29 is 19.0 Å². The summed E-state index contributed by atoms with van der Waals surface area (Å²) in [5.41, 5.74) is 3.53. The lowest BCUT2D eigenvalue weighted by Crippen LogP contribution is -2.24. The number of nitrogens with zero attached hydrogens (tertiary/aromatic N) is 3. The molecule has 0 aliphatic rings. The number of amides is 1. The number of carbonyl (C=O) groups excluding carboxylic acids is 1. The summed E-state index contributed by atoms with van der Waals surface area (Å²) in [6.07, 6.45) is 0. The Kier molecular flexibility index (Phi) is 5.39. The predicted molar refractivity (Wildman–Crippen MR) is 105 cm³/mol. The summed E-state index contributed by atoms with van der Waals surface area (Å²) in [4.78, 5) is 17.3. The number of fused-ring (bicyclic) bond motifs is 1. The first-order valence-corrected chi connectivity index (χ1v) is 8.77. The molecule has 2 heterocycles. The molecule has 3 aromatic rings. The predicted octanol–water partition coefficient (Wildman–Crippen LogP) is 2.54. The average Bonchev–Trinajstić information content (AvgIpc) is 2.97. The van der Waals surface area contributed by atoms with Crippen LogP contribution in [0, 0.1) is 13.8 Å². The van der Waals surface area contributed by atoms with E-state index in [0.29, 0.717) is 28.5 Å². The highest BCUT2D eigenvalue weighted by molar-refractivity contribution is 5.98. The van der Waals surface area contributed by atoms with Crippen molar-refractivity contribution in [1.82, 2.24) is 20.1 Å². The molecular formula is C20H24N4O4. The monoisotopic (exact) mass is 384 g/mol. The molecule has 0 aliphatic carbocycles. The zero-order valence-corrected chi connectivity index (χ0v) is 16.9. The van der Waals surface area contributed by atoms with Crippen molar-refractivity contribution in [1.29, 1.82) is 0 Å². The Balaban J connectivity index is 1.87. The summed E-state index contributed by atoms with van der Waals surface area (Å²) >= 11 is 0. The molecule has 0 unspecified atom stereocenters. The molecule has 1 amide bonds. The van der Waals surface area contributed by atoms with Gasteiger partial charge in [-0.1, -0.05) is 0 Å². The summed E-state index contributed by atoms with van der Waals surface area (Å²) in [6.45, 7) is 3.98. The number of hydrogen-bond acceptors (Lipinski definition) is 6. The van der Waals surface area contributed by atoms with E-state index >= 15 is 0 Å². The van der Waals surface area contributed by atoms with E-state index < -0.39 is 0 Å². The van der Waals surface area contributed by atoms with E-state index in [4.69, 9.17) is 14.2 Å². The first-order valence-electron chi connectivity index (χ1n) is 8.77. The summed E-state index contributed by atoms with van der Waals surface area (Å²) in [6, 6.07) is 5.36. The van der Waals surface area contributed by atoms with Crippen LogP contribution in [0.15, 0.2) is 18.2 Å². The van der Waals surface area contributed by atoms with Gasteiger partial charge in [0.05, 0.1) is 38.3 Å². The normalized spacial score (nSPS) is 10.8. The molecule has 1 aromatic carbocycles. The Hall–Kier alpha value is -3.29. The Morgan fingerprint density at radius 3 is 2.29 bits per heavy atom. The number of aromatic nitrogens is 3. The largest absolute Gasteiger partial charge is 0.496 e. The number of methoxy groups -OCH3 is 3. The summed E-state index contributed by atoms with van der Waals surface area (Å²) in [7, 11) is 6.53. The van der Waals surface area contributed by atoms with E-state index in [-0.39, 0.29) is 12.5 Å². The first-order chi connectivity index (χ1) is 13.4. The third-order valence-corrected chi connectivity index (χ3v) is 4.66. The molecule has 0 spiro atoms. The lowest BCUT2D eigenvalue weighted by molar-refractivity contribution is 0.0949. The fourth-order valence-electron chi connectivity index (χ4n) is 3.16. The summed E-state index contributed by atoms with van der Waals surface area (Å²) < 4.78 is 17.8. The van der Waals surface area contributed by atoms with Crippen molar-refractivity contribution in [2.24, 2.45) is 7.05 Å². The third kappa shape index (κ3) is 3.45. The average molecular weight is 384 g/mol. The van der Waals surface area contributed by atoms with Gasteiger partial charge in [0.25, 0.3) is 5.91 Å². The molecular weight excluding hydrogens is 360 g/mol. The molecule has 3 rings (SSSR count). The van der Waals surface area contributed by atoms with Gasteiger partial charge in [0.1, 0.15) is 5.75 Å². The Morgan fingerprint density at radius 2 is 1.64 bits per heavy atom. The van der Waals surface area contributed by atoms with Crippen LogP contribution < -0.4 is 19.5 Å². The zero-order valence-electron chi connectivity index (χ0n) is 16.9. The number of benzene rings is 1. The fourth-order valence-corrected chi connectivity index (χ4v) is 3.16. The smallest absolute Gasteiger partial charge is 0.253 e. The lowest BCUT2D eigenvalue weighted by atomic mass is 10.1. The van der Waals surface area contributed by atoms with Gasteiger partial charge in [-0.25, -0.2) is 4.98 Å². The number of nitrogens with one attached hydrogen (secondary N) is 1. The standard InChI is InChI=1S/C20H24N4O4/c1-11-15(8-14-12(2)23-24(3)19(14)22-11)20(25)21-10-13-7-17(27-5)18(28-6)9-16(13)26-4/h7-9H,10H2,1-6H3,(H,21,25). The second-order valence-corrected chi connectivity index (χ2v) is 6.40. The topological polar surface area (TPSA) is 87.5 Å². The number of pyridine rings is 1. The molecule has 0 bridgehead atoms. The Labute approximate surface area is 163 Å². The highest BCUT2D eigenvalue weighted by atomic mass is 16.5. The van der Waals surface area contributed by atoms with Crippen LogP contribution in [0.4, 0.5) is 0 Å². The summed E-state index contributed by atoms with van der Waals surface area (Å²) in [5.74, 6) is 1.52. The highest BCUT2D eigenvalue weighted by Crippen LogP contribution is 2.34. The quantitative estimate of drug-likeness (QED) is 0.703. The Morgan fingerprint density at radius 1 is 1.00 bits per heavy atom. The van der Waals surface area contributed by atoms with E-state index in [1.54, 1.807) is 38.1 Å². The van der Waals surface area contributed by atoms with Crippen LogP contribution in [-0.2, 0) is 13.6 Å². The van der Waals surface area contributed by atoms with Gasteiger partial charge in [-0.2, -0.15) is 5.10 Å². The maximum Gasteiger partial charge on any atom is 0.253 e. The van der Waals surface area contributed by atoms with Crippen molar-refractivity contribution in [3.63, 3.8) is 0 Å². The van der Waals surface area contributed by atoms with Gasteiger partial charge in [0.15, 0.2) is 17.1 Å². The fraction of sp³-hybridized carbons (Fsp3) is 0.350. The van der Waals surface area contributed by atoms with Gasteiger partial charge < -0.3 is 19.5 Å². The van der Waals surface area contributed by atoms with Crippen LogP contribution in [0.3, 0.4) is 0 Å². The zero-order chi connectivity index (χ0) is 20.4. The molecule has 2 aromatic heterocycles. The van der Waals surface area contributed by atoms with Crippen molar-refractivity contribution in [2.75, 3.05) is 21.3 Å². The van der Waals surface area contributed by atoms with E-state index in [2.05, 4.69) is 15.4 Å². The second kappa shape index (κ2) is 7.75. The maximum atomic E-state index is 12.8. The van der Waals surface area contributed by atoms with Gasteiger partial charge in [-0.3, -0.25) is 9.48 Å². The minimum Gasteiger partial charge on any atom is -0.496 e. The van der Waals surface area contributed by atoms with Gasteiger partial charge in [-0.15, -0.1) is 0 Å². The maximum absolute atomic E-state index is 12.8. The van der Waals surface area contributed by atoms with Crippen molar-refractivity contribution in [3.8, 4) is 17.2 Å². The van der Waals surface area contributed by atoms with Crippen LogP contribution in [-0.4, -0.2) is 42.0 Å². The van der Waals surface area contributed by atoms with E-state index in [9.17, 15) is 4.79 Å². The lowest BCUT2D eigenvalue weighted by Gasteiger charge is -2.15. The molecule has 28 heavy (non-hydrogen) atoms. The van der Waals surface area contributed by atoms with Crippen LogP contribution in [0.1, 0.15) is 27.3 Å². The van der Waals surface area contributed by atoms with Crippen LogP contribution in [0.25, 0.3) is 11.0 Å². The SMILES string of the molecule is COc1cc(OC)c(OC)cc1CNC(=O)c1cc2c(C)nn(C)c2nc1C. The van der Waals surface area contributed by atoms with Crippen LogP contribution >= 0.6 is 0 Å². The molecule has 0 radical (unpaired) electrons. The van der Waals surface area contributed by atoms with Crippen LogP contribution in [0.2, 0.25) is 0 Å². The van der Waals surface area contributed by atoms with Crippen molar-refractivity contribution in [2.45, 2.75) is 20.4 Å². The second-order valence-electron chi connectivity index (χ2n) is 6.40. The number of hydrogen-bond donors (Lipinski definition) is 1. The molecule has 148 valence electrons. The minimum absolute atomic E-state index is 0.216. The minimum atomic E-state index is -0.216. The van der Waals surface area contributed by atoms with E-state index in [1.165, 1.54) is 0 Å². The molecule has 0 aliphatic heterocycles. The van der Waals surface area contributed by atoms with Gasteiger partial charge in [0.2, 0.25) is 0 Å². The van der Waals surface area contributed by atoms with E-state index in [0.717, 1.165) is 22.3 Å². The van der Waals surface area contributed by atoms with Crippen molar-refractivity contribution in [3.05, 3.63) is 40.7 Å². The number of aryl methyl sites for hydroxylation is 3. The number of carbonyl (C=O) groups is 1. The summed E-state index contributed by atoms with van der Waals surface area (Å²) in [5, 5.41) is 8.15. The molecule has 8 heteroatoms. The molecule has 0 saturated heterocycles. The van der Waals surface area contributed by atoms with Crippen molar-refractivity contribution >= 4 is 16.9 Å². The van der Waals surface area contributed by atoms with Gasteiger partial charge >= 0.3 is 0 Å². The molecule has 0 saturated carbocycles. The van der Waals surface area contributed by atoms with Crippen LogP contribution in [0.5, 0.6) is 17.2 Å². The van der Waals surface area contributed by atoms with Gasteiger partial charge in [-0.05, 0) is 26.0 Å². The molecule has 0 atom stereocenters. The Bertz CT molecular complexity index is 1040. The molecule has 8 nitrogen and oxygen atoms in total. The highest BCUT2D eigenvalue weighted by Gasteiger charge is 2.17. The molecule has 1 N–H and O–H groups in total. The van der Waals surface area contributed by atoms with E-state index in [1.807, 2.05) is 27.0 Å². The number of rotatable bonds is 6. The van der Waals surface area contributed by atoms with Gasteiger partial charge in [0, 0.05) is 30.6 Å². The molecule has 0 fully saturated rings.